The van der Waals surface area contributed by atoms with Crippen molar-refractivity contribution in [3.63, 3.8) is 0 Å². The number of ether oxygens (including phenoxy) is 1. The summed E-state index contributed by atoms with van der Waals surface area (Å²) in [5.41, 5.74) is 2.39. The largest absolute Gasteiger partial charge is 0.451 e. The van der Waals surface area contributed by atoms with E-state index in [0.717, 1.165) is 15.8 Å². The smallest absolute Gasteiger partial charge is 0.437 e. The van der Waals surface area contributed by atoms with Gasteiger partial charge in [0.1, 0.15) is 6.54 Å². The van der Waals surface area contributed by atoms with Gasteiger partial charge in [0.05, 0.1) is 6.04 Å². The molecule has 8 heteroatoms. The number of nitrogens with one attached hydrogen (secondary N) is 1. The van der Waals surface area contributed by atoms with Gasteiger partial charge in [0, 0.05) is 5.56 Å². The second-order valence-electron chi connectivity index (χ2n) is 7.59. The molecule has 0 radical (unpaired) electrons. The van der Waals surface area contributed by atoms with E-state index in [1.54, 1.807) is 24.3 Å². The van der Waals surface area contributed by atoms with Crippen LogP contribution in [0.25, 0.3) is 11.5 Å². The maximum atomic E-state index is 12.9. The summed E-state index contributed by atoms with van der Waals surface area (Å²) in [6.07, 6.45) is -1.08. The molecule has 0 saturated heterocycles. The first-order valence-corrected chi connectivity index (χ1v) is 10.7. The van der Waals surface area contributed by atoms with Crippen LogP contribution in [0.5, 0.6) is 0 Å². The molecule has 1 atom stereocenters. The molecule has 4 rings (SSSR count). The number of esters is 1. The molecule has 34 heavy (non-hydrogen) atoms. The van der Waals surface area contributed by atoms with Gasteiger partial charge in [0.25, 0.3) is 5.91 Å². The summed E-state index contributed by atoms with van der Waals surface area (Å²) >= 11 is 0. The fraction of sp³-hybridized carbons (Fsp3) is 0.154. The second kappa shape index (κ2) is 10.4. The van der Waals surface area contributed by atoms with Crippen LogP contribution >= 0.6 is 0 Å². The van der Waals surface area contributed by atoms with E-state index in [2.05, 4.69) is 10.4 Å². The van der Waals surface area contributed by atoms with Gasteiger partial charge in [-0.3, -0.25) is 9.59 Å². The van der Waals surface area contributed by atoms with E-state index in [4.69, 9.17) is 9.15 Å². The molecule has 1 amide bonds. The number of hydrogen-bond acceptors (Lipinski definition) is 6. The van der Waals surface area contributed by atoms with E-state index >= 15 is 0 Å². The van der Waals surface area contributed by atoms with Crippen LogP contribution in [0, 0.1) is 0 Å². The number of rotatable bonds is 8. The van der Waals surface area contributed by atoms with Crippen LogP contribution in [0.3, 0.4) is 0 Å². The Labute approximate surface area is 195 Å². The van der Waals surface area contributed by atoms with Crippen molar-refractivity contribution in [3.8, 4) is 11.5 Å². The maximum Gasteiger partial charge on any atom is 0.437 e. The molecular weight excluding hydrogens is 434 g/mol. The van der Waals surface area contributed by atoms with Crippen LogP contribution in [-0.4, -0.2) is 27.8 Å². The Balaban J connectivity index is 1.41. The third kappa shape index (κ3) is 5.47. The SMILES string of the molecule is CC(OC(=O)Cn1nc(-c2ccccc2)oc1=O)C(=O)NC(c1ccccc1)c1ccccc1. The van der Waals surface area contributed by atoms with Crippen molar-refractivity contribution in [1.82, 2.24) is 15.1 Å². The topological polar surface area (TPSA) is 103 Å². The summed E-state index contributed by atoms with van der Waals surface area (Å²) < 4.78 is 11.2. The van der Waals surface area contributed by atoms with E-state index in [1.807, 2.05) is 66.7 Å². The van der Waals surface area contributed by atoms with E-state index in [9.17, 15) is 14.4 Å². The summed E-state index contributed by atoms with van der Waals surface area (Å²) in [5, 5.41) is 6.97. The summed E-state index contributed by atoms with van der Waals surface area (Å²) in [4.78, 5) is 37.3. The monoisotopic (exact) mass is 457 g/mol. The van der Waals surface area contributed by atoms with E-state index < -0.39 is 36.3 Å². The van der Waals surface area contributed by atoms with Crippen molar-refractivity contribution in [2.24, 2.45) is 0 Å². The first kappa shape index (κ1) is 22.7. The third-order valence-electron chi connectivity index (χ3n) is 5.14. The van der Waals surface area contributed by atoms with Gasteiger partial charge in [0.2, 0.25) is 5.89 Å². The number of aromatic nitrogens is 2. The van der Waals surface area contributed by atoms with E-state index in [-0.39, 0.29) is 5.89 Å². The highest BCUT2D eigenvalue weighted by atomic mass is 16.5. The fourth-order valence-electron chi connectivity index (χ4n) is 3.42. The van der Waals surface area contributed by atoms with Gasteiger partial charge in [-0.25, -0.2) is 4.79 Å². The van der Waals surface area contributed by atoms with Gasteiger partial charge in [0.15, 0.2) is 6.10 Å². The van der Waals surface area contributed by atoms with E-state index in [1.165, 1.54) is 6.92 Å². The molecular formula is C26H23N3O5. The number of nitrogens with zero attached hydrogens (tertiary/aromatic N) is 2. The van der Waals surface area contributed by atoms with Crippen LogP contribution < -0.4 is 11.1 Å². The molecule has 0 aliphatic rings. The molecule has 0 aliphatic heterocycles. The van der Waals surface area contributed by atoms with Crippen molar-refractivity contribution in [1.29, 1.82) is 0 Å². The Hall–Kier alpha value is -4.46. The summed E-state index contributed by atoms with van der Waals surface area (Å²) in [6, 6.07) is 27.4. The zero-order valence-electron chi connectivity index (χ0n) is 18.5. The number of carbonyl (C=O) groups is 2. The lowest BCUT2D eigenvalue weighted by molar-refractivity contribution is -0.155. The Kier molecular flexibility index (Phi) is 6.98. The van der Waals surface area contributed by atoms with Crippen molar-refractivity contribution < 1.29 is 18.7 Å². The molecule has 1 heterocycles. The van der Waals surface area contributed by atoms with Crippen LogP contribution in [0.2, 0.25) is 0 Å². The highest BCUT2D eigenvalue weighted by molar-refractivity contribution is 5.84. The van der Waals surface area contributed by atoms with Crippen molar-refractivity contribution in [2.45, 2.75) is 25.6 Å². The average Bonchev–Trinajstić information content (AvgIpc) is 3.23. The predicted octanol–water partition coefficient (Wildman–Crippen LogP) is 3.34. The molecule has 0 bridgehead atoms. The zero-order valence-corrected chi connectivity index (χ0v) is 18.5. The molecule has 1 unspecified atom stereocenters. The molecule has 0 aliphatic carbocycles. The molecule has 0 fully saturated rings. The molecule has 3 aromatic carbocycles. The van der Waals surface area contributed by atoms with Crippen LogP contribution in [0.4, 0.5) is 0 Å². The zero-order chi connectivity index (χ0) is 23.9. The Morgan fingerprint density at radius 3 is 2.00 bits per heavy atom. The van der Waals surface area contributed by atoms with Crippen molar-refractivity contribution in [2.75, 3.05) is 0 Å². The fourth-order valence-corrected chi connectivity index (χ4v) is 3.42. The van der Waals surface area contributed by atoms with Crippen LogP contribution in [-0.2, 0) is 20.9 Å². The number of amides is 1. The highest BCUT2D eigenvalue weighted by Crippen LogP contribution is 2.22. The molecule has 8 nitrogen and oxygen atoms in total. The maximum absolute atomic E-state index is 12.9. The van der Waals surface area contributed by atoms with Crippen molar-refractivity contribution in [3.05, 3.63) is 113 Å². The molecule has 1 N–H and O–H groups in total. The summed E-state index contributed by atoms with van der Waals surface area (Å²) in [5.74, 6) is -1.95. The van der Waals surface area contributed by atoms with Crippen LogP contribution in [0.15, 0.2) is 100 Å². The molecule has 0 spiro atoms. The minimum atomic E-state index is -1.08. The number of carbonyl (C=O) groups excluding carboxylic acids is 2. The minimum Gasteiger partial charge on any atom is -0.451 e. The molecule has 0 saturated carbocycles. The highest BCUT2D eigenvalue weighted by Gasteiger charge is 2.24. The van der Waals surface area contributed by atoms with Crippen molar-refractivity contribution >= 4 is 11.9 Å². The van der Waals surface area contributed by atoms with Gasteiger partial charge in [-0.05, 0) is 30.2 Å². The second-order valence-corrected chi connectivity index (χ2v) is 7.59. The Morgan fingerprint density at radius 2 is 1.44 bits per heavy atom. The molecule has 1 aromatic heterocycles. The standard InChI is InChI=1S/C26H23N3O5/c1-18(24(31)27-23(19-11-5-2-6-12-19)20-13-7-3-8-14-20)33-22(30)17-29-26(32)34-25(28-29)21-15-9-4-10-16-21/h2-16,18,23H,17H2,1H3,(H,27,31). The third-order valence-corrected chi connectivity index (χ3v) is 5.14. The van der Waals surface area contributed by atoms with E-state index in [0.29, 0.717) is 5.56 Å². The minimum absolute atomic E-state index is 0.0951. The molecule has 172 valence electrons. The number of benzene rings is 3. The summed E-state index contributed by atoms with van der Waals surface area (Å²) in [7, 11) is 0. The average molecular weight is 457 g/mol. The summed E-state index contributed by atoms with van der Waals surface area (Å²) in [6.45, 7) is 0.995. The lowest BCUT2D eigenvalue weighted by Gasteiger charge is -2.22. The van der Waals surface area contributed by atoms with Gasteiger partial charge in [-0.2, -0.15) is 4.68 Å². The quantitative estimate of drug-likeness (QED) is 0.407. The van der Waals surface area contributed by atoms with Crippen LogP contribution in [0.1, 0.15) is 24.1 Å². The number of hydrogen-bond donors (Lipinski definition) is 1. The van der Waals surface area contributed by atoms with Gasteiger partial charge in [-0.15, -0.1) is 5.10 Å². The van der Waals surface area contributed by atoms with Gasteiger partial charge < -0.3 is 14.5 Å². The first-order chi connectivity index (χ1) is 16.5. The normalized spacial score (nSPS) is 11.7. The van der Waals surface area contributed by atoms with Gasteiger partial charge in [-0.1, -0.05) is 78.9 Å². The van der Waals surface area contributed by atoms with Gasteiger partial charge >= 0.3 is 11.7 Å². The first-order valence-electron chi connectivity index (χ1n) is 10.7. The lowest BCUT2D eigenvalue weighted by Crippen LogP contribution is -2.39. The Morgan fingerprint density at radius 1 is 0.912 bits per heavy atom. The molecule has 4 aromatic rings. The Bertz CT molecular complexity index is 1260. The lowest BCUT2D eigenvalue weighted by atomic mass is 9.98. The predicted molar refractivity (Wildman–Crippen MR) is 125 cm³/mol.